The van der Waals surface area contributed by atoms with Crippen LogP contribution in [0.3, 0.4) is 0 Å². The monoisotopic (exact) mass is 291 g/mol. The Morgan fingerprint density at radius 1 is 1.30 bits per heavy atom. The van der Waals surface area contributed by atoms with Crippen LogP contribution >= 0.6 is 0 Å². The molecule has 0 saturated carbocycles. The summed E-state index contributed by atoms with van der Waals surface area (Å²) >= 11 is 0. The highest BCUT2D eigenvalue weighted by atomic mass is 19.4. The fraction of sp³-hybridized carbons (Fsp3) is 0.364. The number of urea groups is 1. The summed E-state index contributed by atoms with van der Waals surface area (Å²) in [7, 11) is 0. The highest BCUT2D eigenvalue weighted by molar-refractivity contribution is 5.89. The van der Waals surface area contributed by atoms with Gasteiger partial charge < -0.3 is 15.7 Å². The van der Waals surface area contributed by atoms with E-state index in [0.29, 0.717) is 5.69 Å². The van der Waals surface area contributed by atoms with Crippen molar-refractivity contribution in [2.45, 2.75) is 19.0 Å². The van der Waals surface area contributed by atoms with Crippen molar-refractivity contribution >= 4 is 17.7 Å². The van der Waals surface area contributed by atoms with Gasteiger partial charge in [0.05, 0.1) is 30.4 Å². The Bertz CT molecular complexity index is 474. The first-order valence-corrected chi connectivity index (χ1v) is 5.54. The zero-order valence-corrected chi connectivity index (χ0v) is 10.2. The van der Waals surface area contributed by atoms with Gasteiger partial charge in [-0.25, -0.2) is 4.79 Å². The fourth-order valence-electron chi connectivity index (χ4n) is 1.25. The van der Waals surface area contributed by atoms with E-state index >= 15 is 0 Å². The van der Waals surface area contributed by atoms with E-state index in [1.54, 1.807) is 0 Å². The van der Waals surface area contributed by atoms with Crippen molar-refractivity contribution in [2.75, 3.05) is 11.9 Å². The lowest BCUT2D eigenvalue weighted by molar-refractivity contribution is -0.136. The van der Waals surface area contributed by atoms with Gasteiger partial charge in [-0.2, -0.15) is 13.2 Å². The predicted octanol–water partition coefficient (Wildman–Crippen LogP) is 1.78. The van der Waals surface area contributed by atoms with Crippen LogP contribution < -0.4 is 10.6 Å². The topological polar surface area (TPSA) is 91.3 Å². The lowest BCUT2D eigenvalue weighted by atomic mass is 10.2. The molecule has 0 bridgehead atoms. The molecule has 1 aromatic rings. The number of hydrogen-bond donors (Lipinski definition) is 3. The minimum atomic E-state index is -4.33. The molecule has 1 rings (SSSR count). The summed E-state index contributed by atoms with van der Waals surface area (Å²) in [6, 6.07) is 2.02. The second kappa shape index (κ2) is 6.73. The highest BCUT2D eigenvalue weighted by Crippen LogP contribution is 2.18. The molecule has 0 aromatic carbocycles. The van der Waals surface area contributed by atoms with Crippen molar-refractivity contribution in [1.82, 2.24) is 10.3 Å². The minimum Gasteiger partial charge on any atom is -0.481 e. The van der Waals surface area contributed by atoms with E-state index in [0.717, 1.165) is 0 Å². The van der Waals surface area contributed by atoms with Crippen molar-refractivity contribution in [3.63, 3.8) is 0 Å². The second-order valence-corrected chi connectivity index (χ2v) is 3.85. The number of halogens is 3. The van der Waals surface area contributed by atoms with Gasteiger partial charge in [-0.1, -0.05) is 0 Å². The van der Waals surface area contributed by atoms with Crippen molar-refractivity contribution in [2.24, 2.45) is 0 Å². The molecule has 0 spiro atoms. The Balaban J connectivity index is 2.40. The van der Waals surface area contributed by atoms with Crippen molar-refractivity contribution in [3.05, 3.63) is 24.0 Å². The van der Waals surface area contributed by atoms with E-state index in [1.165, 1.54) is 18.3 Å². The van der Waals surface area contributed by atoms with E-state index in [1.807, 2.05) is 5.32 Å². The first-order valence-electron chi connectivity index (χ1n) is 5.54. The van der Waals surface area contributed by atoms with Crippen LogP contribution in [-0.2, 0) is 11.2 Å². The maximum atomic E-state index is 11.9. The molecule has 0 aliphatic carbocycles. The Labute approximate surface area is 112 Å². The molecule has 9 heteroatoms. The summed E-state index contributed by atoms with van der Waals surface area (Å²) in [6.07, 6.45) is -4.47. The first-order chi connectivity index (χ1) is 9.26. The molecule has 0 radical (unpaired) electrons. The predicted molar refractivity (Wildman–Crippen MR) is 63.3 cm³/mol. The number of nitrogens with one attached hydrogen (secondary N) is 2. The molecule has 0 fully saturated rings. The Morgan fingerprint density at radius 2 is 2.00 bits per heavy atom. The quantitative estimate of drug-likeness (QED) is 0.771. The Hall–Kier alpha value is -2.32. The summed E-state index contributed by atoms with van der Waals surface area (Å²) in [6.45, 7) is -0.528. The number of anilines is 1. The third-order valence-electron chi connectivity index (χ3n) is 2.11. The van der Waals surface area contributed by atoms with E-state index in [-0.39, 0.29) is 12.1 Å². The molecule has 110 valence electrons. The molecule has 0 unspecified atom stereocenters. The molecule has 3 N–H and O–H groups in total. The van der Waals surface area contributed by atoms with Gasteiger partial charge in [0.15, 0.2) is 0 Å². The largest absolute Gasteiger partial charge is 0.481 e. The summed E-state index contributed by atoms with van der Waals surface area (Å²) in [5.74, 6) is -1.04. The molecule has 0 atom stereocenters. The highest BCUT2D eigenvalue weighted by Gasteiger charge is 2.26. The van der Waals surface area contributed by atoms with Gasteiger partial charge >= 0.3 is 18.2 Å². The Morgan fingerprint density at radius 3 is 2.50 bits per heavy atom. The number of pyridine rings is 1. The summed E-state index contributed by atoms with van der Waals surface area (Å²) in [4.78, 5) is 25.5. The van der Waals surface area contributed by atoms with Crippen LogP contribution in [0.15, 0.2) is 18.3 Å². The molecule has 0 aliphatic heterocycles. The van der Waals surface area contributed by atoms with Gasteiger partial charge in [0, 0.05) is 6.54 Å². The maximum absolute atomic E-state index is 11.9. The van der Waals surface area contributed by atoms with Crippen LogP contribution in [-0.4, -0.2) is 34.8 Å². The number of aromatic nitrogens is 1. The number of carboxylic acids is 1. The molecule has 20 heavy (non-hydrogen) atoms. The Kier molecular flexibility index (Phi) is 5.30. The van der Waals surface area contributed by atoms with Crippen LogP contribution in [0.4, 0.5) is 23.7 Å². The van der Waals surface area contributed by atoms with Gasteiger partial charge in [-0.05, 0) is 12.1 Å². The molecule has 0 aliphatic rings. The number of amides is 2. The van der Waals surface area contributed by atoms with Crippen LogP contribution in [0.5, 0.6) is 0 Å². The fourth-order valence-corrected chi connectivity index (χ4v) is 1.25. The second-order valence-electron chi connectivity index (χ2n) is 3.85. The average Bonchev–Trinajstić information content (AvgIpc) is 2.29. The smallest absolute Gasteiger partial charge is 0.390 e. The zero-order valence-electron chi connectivity index (χ0n) is 10.2. The third-order valence-corrected chi connectivity index (χ3v) is 2.11. The lowest BCUT2D eigenvalue weighted by Crippen LogP contribution is -2.31. The van der Waals surface area contributed by atoms with Crippen molar-refractivity contribution < 1.29 is 27.9 Å². The minimum absolute atomic E-state index is 0.252. The molecule has 1 heterocycles. The van der Waals surface area contributed by atoms with Crippen LogP contribution in [0.2, 0.25) is 0 Å². The van der Waals surface area contributed by atoms with E-state index in [4.69, 9.17) is 5.11 Å². The molecular formula is C11H12F3N3O3. The first kappa shape index (κ1) is 15.7. The average molecular weight is 291 g/mol. The molecule has 6 nitrogen and oxygen atoms in total. The third kappa shape index (κ3) is 6.57. The molecule has 0 saturated heterocycles. The van der Waals surface area contributed by atoms with E-state index in [9.17, 15) is 22.8 Å². The number of carbonyl (C=O) groups excluding carboxylic acids is 1. The van der Waals surface area contributed by atoms with Gasteiger partial charge in [-0.15, -0.1) is 0 Å². The lowest BCUT2D eigenvalue weighted by Gasteiger charge is -2.09. The SMILES string of the molecule is O=C(O)Cc1ccc(NC(=O)NCCC(F)(F)F)cn1. The van der Waals surface area contributed by atoms with Crippen molar-refractivity contribution in [3.8, 4) is 0 Å². The number of carbonyl (C=O) groups is 2. The molecule has 2 amide bonds. The number of rotatable bonds is 5. The maximum Gasteiger partial charge on any atom is 0.390 e. The van der Waals surface area contributed by atoms with E-state index in [2.05, 4.69) is 10.3 Å². The zero-order chi connectivity index (χ0) is 15.2. The number of carboxylic acid groups (broad SMARTS) is 1. The van der Waals surface area contributed by atoms with Crippen LogP contribution in [0.25, 0.3) is 0 Å². The number of alkyl halides is 3. The number of aliphatic carboxylic acids is 1. The van der Waals surface area contributed by atoms with Crippen LogP contribution in [0, 0.1) is 0 Å². The normalized spacial score (nSPS) is 10.9. The van der Waals surface area contributed by atoms with Gasteiger partial charge in [-0.3, -0.25) is 9.78 Å². The number of nitrogens with zero attached hydrogens (tertiary/aromatic N) is 1. The standard InChI is InChI=1S/C11H12F3N3O3/c12-11(13,14)3-4-15-10(20)17-8-2-1-7(16-6-8)5-9(18)19/h1-2,6H,3-5H2,(H,18,19)(H2,15,17,20). The van der Waals surface area contributed by atoms with Crippen LogP contribution in [0.1, 0.15) is 12.1 Å². The summed E-state index contributed by atoms with van der Waals surface area (Å²) in [5.41, 5.74) is 0.559. The summed E-state index contributed by atoms with van der Waals surface area (Å²) in [5, 5.41) is 12.9. The summed E-state index contributed by atoms with van der Waals surface area (Å²) < 4.78 is 35.6. The molecular weight excluding hydrogens is 279 g/mol. The molecule has 1 aromatic heterocycles. The van der Waals surface area contributed by atoms with Gasteiger partial charge in [0.25, 0.3) is 0 Å². The van der Waals surface area contributed by atoms with E-state index < -0.39 is 31.1 Å². The number of hydrogen-bond acceptors (Lipinski definition) is 3. The van der Waals surface area contributed by atoms with Gasteiger partial charge in [0.1, 0.15) is 0 Å². The van der Waals surface area contributed by atoms with Gasteiger partial charge in [0.2, 0.25) is 0 Å². The van der Waals surface area contributed by atoms with Crippen molar-refractivity contribution in [1.29, 1.82) is 0 Å².